The zero-order valence-electron chi connectivity index (χ0n) is 15.5. The molecule has 5 nitrogen and oxygen atoms in total. The Morgan fingerprint density at radius 1 is 1.24 bits per heavy atom. The fourth-order valence-corrected chi connectivity index (χ4v) is 3.49. The van der Waals surface area contributed by atoms with E-state index in [0.717, 1.165) is 17.5 Å². The Balaban J connectivity index is 1.94. The quantitative estimate of drug-likeness (QED) is 0.663. The number of para-hydroxylation sites is 1. The number of carbonyl (C=O) groups excluding carboxylic acids is 1. The van der Waals surface area contributed by atoms with Gasteiger partial charge >= 0.3 is 0 Å². The van der Waals surface area contributed by atoms with Gasteiger partial charge in [0.1, 0.15) is 5.69 Å². The van der Waals surface area contributed by atoms with Crippen molar-refractivity contribution in [2.24, 2.45) is 7.05 Å². The minimum atomic E-state index is -0.0328. The largest absolute Gasteiger partial charge is 0.382 e. The highest BCUT2D eigenvalue weighted by atomic mass is 16.5. The highest BCUT2D eigenvalue weighted by Crippen LogP contribution is 2.33. The molecule has 0 atom stereocenters. The molecule has 5 heteroatoms. The molecule has 0 saturated carbocycles. The van der Waals surface area contributed by atoms with Gasteiger partial charge in [-0.3, -0.25) is 4.79 Å². The van der Waals surface area contributed by atoms with Crippen molar-refractivity contribution in [2.45, 2.75) is 33.2 Å². The maximum absolute atomic E-state index is 12.6. The first kappa shape index (κ1) is 17.5. The fourth-order valence-electron chi connectivity index (χ4n) is 3.49. The lowest BCUT2D eigenvalue weighted by atomic mass is 10.2. The first-order valence-corrected chi connectivity index (χ1v) is 9.00. The van der Waals surface area contributed by atoms with Gasteiger partial charge in [0.15, 0.2) is 0 Å². The van der Waals surface area contributed by atoms with Crippen LogP contribution in [-0.4, -0.2) is 34.8 Å². The van der Waals surface area contributed by atoms with Crippen molar-refractivity contribution in [3.05, 3.63) is 36.0 Å². The van der Waals surface area contributed by atoms with E-state index in [2.05, 4.69) is 41.9 Å². The average molecular weight is 341 g/mol. The molecule has 0 bridgehead atoms. The second-order valence-corrected chi connectivity index (χ2v) is 6.61. The summed E-state index contributed by atoms with van der Waals surface area (Å²) in [6, 6.07) is 10.7. The normalized spacial score (nSPS) is 11.7. The first-order chi connectivity index (χ1) is 12.1. The summed E-state index contributed by atoms with van der Waals surface area (Å²) >= 11 is 0. The number of aryl methyl sites for hydroxylation is 1. The van der Waals surface area contributed by atoms with E-state index in [1.165, 1.54) is 10.9 Å². The van der Waals surface area contributed by atoms with Gasteiger partial charge < -0.3 is 19.2 Å². The van der Waals surface area contributed by atoms with Gasteiger partial charge in [0.05, 0.1) is 16.6 Å². The number of fused-ring (bicyclic) bond motifs is 3. The molecule has 0 spiro atoms. The monoisotopic (exact) mass is 341 g/mol. The van der Waals surface area contributed by atoms with E-state index in [1.807, 2.05) is 30.7 Å². The Morgan fingerprint density at radius 3 is 2.72 bits per heavy atom. The lowest BCUT2D eigenvalue weighted by Gasteiger charge is -2.10. The van der Waals surface area contributed by atoms with Gasteiger partial charge in [0.25, 0.3) is 5.91 Å². The zero-order chi connectivity index (χ0) is 18.0. The number of nitrogens with zero attached hydrogens (tertiary/aromatic N) is 2. The van der Waals surface area contributed by atoms with Crippen molar-refractivity contribution in [3.63, 3.8) is 0 Å². The number of benzene rings is 1. The SMILES string of the molecule is CCOCCCNC(=O)c1cc2c(c3ccccc3n2C(C)C)n1C. The summed E-state index contributed by atoms with van der Waals surface area (Å²) in [5.74, 6) is -0.0328. The van der Waals surface area contributed by atoms with Crippen LogP contribution in [0.5, 0.6) is 0 Å². The van der Waals surface area contributed by atoms with E-state index in [9.17, 15) is 4.79 Å². The zero-order valence-corrected chi connectivity index (χ0v) is 15.5. The summed E-state index contributed by atoms with van der Waals surface area (Å²) in [5.41, 5.74) is 4.13. The average Bonchev–Trinajstić information content (AvgIpc) is 3.09. The molecular weight excluding hydrogens is 314 g/mol. The molecule has 0 saturated heterocycles. The summed E-state index contributed by atoms with van der Waals surface area (Å²) in [5, 5.41) is 4.18. The molecule has 2 heterocycles. The van der Waals surface area contributed by atoms with Crippen molar-refractivity contribution in [3.8, 4) is 0 Å². The van der Waals surface area contributed by atoms with E-state index >= 15 is 0 Å². The second kappa shape index (κ2) is 7.31. The van der Waals surface area contributed by atoms with Crippen molar-refractivity contribution in [1.82, 2.24) is 14.5 Å². The van der Waals surface area contributed by atoms with E-state index in [-0.39, 0.29) is 5.91 Å². The van der Waals surface area contributed by atoms with E-state index in [0.29, 0.717) is 31.5 Å². The van der Waals surface area contributed by atoms with Gasteiger partial charge in [-0.25, -0.2) is 0 Å². The van der Waals surface area contributed by atoms with Crippen LogP contribution in [0.4, 0.5) is 0 Å². The van der Waals surface area contributed by atoms with Gasteiger partial charge in [-0.05, 0) is 39.3 Å². The molecule has 0 unspecified atom stereocenters. The molecule has 0 aliphatic carbocycles. The van der Waals surface area contributed by atoms with Crippen LogP contribution in [0, 0.1) is 0 Å². The fraction of sp³-hybridized carbons (Fsp3) is 0.450. The first-order valence-electron chi connectivity index (χ1n) is 9.00. The molecule has 3 aromatic rings. The number of ether oxygens (including phenoxy) is 1. The van der Waals surface area contributed by atoms with Crippen LogP contribution in [0.3, 0.4) is 0 Å². The third kappa shape index (κ3) is 3.16. The van der Waals surface area contributed by atoms with Crippen molar-refractivity contribution < 1.29 is 9.53 Å². The van der Waals surface area contributed by atoms with Gasteiger partial charge in [0, 0.05) is 38.2 Å². The standard InChI is InChI=1S/C20H27N3O2/c1-5-25-12-8-11-21-20(24)18-13-17-19(22(18)4)15-9-6-7-10-16(15)23(17)14(2)3/h6-7,9-10,13-14H,5,8,11-12H2,1-4H3,(H,21,24). The van der Waals surface area contributed by atoms with Crippen molar-refractivity contribution in [2.75, 3.05) is 19.8 Å². The van der Waals surface area contributed by atoms with E-state index < -0.39 is 0 Å². The second-order valence-electron chi connectivity index (χ2n) is 6.61. The smallest absolute Gasteiger partial charge is 0.267 e. The Morgan fingerprint density at radius 2 is 2.00 bits per heavy atom. The van der Waals surface area contributed by atoms with Crippen molar-refractivity contribution >= 4 is 27.8 Å². The lowest BCUT2D eigenvalue weighted by Crippen LogP contribution is -2.27. The maximum atomic E-state index is 12.6. The Hall–Kier alpha value is -2.27. The number of nitrogens with one attached hydrogen (secondary N) is 1. The topological polar surface area (TPSA) is 48.2 Å². The van der Waals surface area contributed by atoms with Gasteiger partial charge in [-0.15, -0.1) is 0 Å². The molecule has 1 aromatic carbocycles. The minimum absolute atomic E-state index is 0.0328. The Labute approximate surface area is 148 Å². The van der Waals surface area contributed by atoms with Crippen LogP contribution in [0.1, 0.15) is 43.7 Å². The summed E-state index contributed by atoms with van der Waals surface area (Å²) < 4.78 is 9.62. The predicted molar refractivity (Wildman–Crippen MR) is 102 cm³/mol. The van der Waals surface area contributed by atoms with Crippen LogP contribution in [0.2, 0.25) is 0 Å². The van der Waals surface area contributed by atoms with E-state index in [1.54, 1.807) is 0 Å². The van der Waals surface area contributed by atoms with E-state index in [4.69, 9.17) is 4.74 Å². The summed E-state index contributed by atoms with van der Waals surface area (Å²) in [7, 11) is 1.97. The summed E-state index contributed by atoms with van der Waals surface area (Å²) in [6.07, 6.45) is 0.824. The molecule has 1 amide bonds. The third-order valence-corrected chi connectivity index (χ3v) is 4.60. The molecular formula is C20H27N3O2. The van der Waals surface area contributed by atoms with Crippen LogP contribution in [0.15, 0.2) is 30.3 Å². The molecule has 134 valence electrons. The third-order valence-electron chi connectivity index (χ3n) is 4.60. The number of rotatable bonds is 7. The van der Waals surface area contributed by atoms with Gasteiger partial charge in [-0.2, -0.15) is 0 Å². The summed E-state index contributed by atoms with van der Waals surface area (Å²) in [4.78, 5) is 12.6. The molecule has 25 heavy (non-hydrogen) atoms. The van der Waals surface area contributed by atoms with Crippen LogP contribution < -0.4 is 5.32 Å². The van der Waals surface area contributed by atoms with Crippen LogP contribution in [0.25, 0.3) is 21.9 Å². The number of hydrogen-bond acceptors (Lipinski definition) is 2. The molecule has 3 rings (SSSR count). The lowest BCUT2D eigenvalue weighted by molar-refractivity contribution is 0.0936. The molecule has 0 aliphatic rings. The minimum Gasteiger partial charge on any atom is -0.382 e. The molecule has 0 aliphatic heterocycles. The molecule has 1 N–H and O–H groups in total. The number of aromatic nitrogens is 2. The number of amides is 1. The molecule has 2 aromatic heterocycles. The van der Waals surface area contributed by atoms with Crippen molar-refractivity contribution in [1.29, 1.82) is 0 Å². The van der Waals surface area contributed by atoms with Gasteiger partial charge in [0.2, 0.25) is 0 Å². The van der Waals surface area contributed by atoms with Crippen LogP contribution in [-0.2, 0) is 11.8 Å². The highest BCUT2D eigenvalue weighted by molar-refractivity contribution is 6.10. The van der Waals surface area contributed by atoms with Crippen LogP contribution >= 0.6 is 0 Å². The maximum Gasteiger partial charge on any atom is 0.267 e. The predicted octanol–water partition coefficient (Wildman–Crippen LogP) is 3.87. The highest BCUT2D eigenvalue weighted by Gasteiger charge is 2.20. The number of hydrogen-bond donors (Lipinski definition) is 1. The molecule has 0 radical (unpaired) electrons. The molecule has 0 fully saturated rings. The van der Waals surface area contributed by atoms with Gasteiger partial charge in [-0.1, -0.05) is 18.2 Å². The Bertz CT molecular complexity index is 889. The summed E-state index contributed by atoms with van der Waals surface area (Å²) in [6.45, 7) is 8.33. The Kier molecular flexibility index (Phi) is 5.13. The number of carbonyl (C=O) groups is 1.